The molecule has 0 radical (unpaired) electrons. The van der Waals surface area contributed by atoms with Gasteiger partial charge in [0, 0.05) is 9.35 Å². The van der Waals surface area contributed by atoms with E-state index in [1.807, 2.05) is 11.4 Å². The SMILES string of the molecule is O=C(NCc1sccc1Br)c1cccc(F)n1. The Morgan fingerprint density at radius 1 is 1.47 bits per heavy atom. The molecule has 0 unspecified atom stereocenters. The van der Waals surface area contributed by atoms with Crippen molar-refractivity contribution in [1.29, 1.82) is 0 Å². The van der Waals surface area contributed by atoms with Gasteiger partial charge in [-0.1, -0.05) is 6.07 Å². The minimum atomic E-state index is -0.657. The average Bonchev–Trinajstić information content (AvgIpc) is 2.72. The Kier molecular flexibility index (Phi) is 3.86. The zero-order valence-corrected chi connectivity index (χ0v) is 11.0. The molecule has 2 aromatic heterocycles. The van der Waals surface area contributed by atoms with E-state index in [2.05, 4.69) is 26.2 Å². The Bertz CT molecular complexity index is 544. The van der Waals surface area contributed by atoms with E-state index >= 15 is 0 Å². The Hall–Kier alpha value is -1.27. The molecule has 17 heavy (non-hydrogen) atoms. The van der Waals surface area contributed by atoms with Crippen LogP contribution in [0.5, 0.6) is 0 Å². The first-order valence-corrected chi connectivity index (χ1v) is 6.46. The van der Waals surface area contributed by atoms with E-state index < -0.39 is 5.95 Å². The number of halogens is 2. The molecule has 2 rings (SSSR count). The maximum Gasteiger partial charge on any atom is 0.270 e. The predicted octanol–water partition coefficient (Wildman–Crippen LogP) is 2.97. The summed E-state index contributed by atoms with van der Waals surface area (Å²) in [5.41, 5.74) is 0.0812. The van der Waals surface area contributed by atoms with E-state index in [1.165, 1.54) is 29.5 Å². The van der Waals surface area contributed by atoms with Crippen LogP contribution in [0.3, 0.4) is 0 Å². The lowest BCUT2D eigenvalue weighted by Gasteiger charge is -2.03. The van der Waals surface area contributed by atoms with Crippen molar-refractivity contribution in [1.82, 2.24) is 10.3 Å². The first kappa shape index (κ1) is 12.2. The molecule has 0 saturated heterocycles. The number of carbonyl (C=O) groups excluding carboxylic acids is 1. The number of hydrogen-bond donors (Lipinski definition) is 1. The summed E-state index contributed by atoms with van der Waals surface area (Å²) >= 11 is 4.90. The molecule has 1 N–H and O–H groups in total. The maximum absolute atomic E-state index is 12.8. The van der Waals surface area contributed by atoms with Crippen molar-refractivity contribution in [3.8, 4) is 0 Å². The van der Waals surface area contributed by atoms with E-state index in [9.17, 15) is 9.18 Å². The zero-order valence-electron chi connectivity index (χ0n) is 8.61. The topological polar surface area (TPSA) is 42.0 Å². The largest absolute Gasteiger partial charge is 0.346 e. The number of nitrogens with zero attached hydrogens (tertiary/aromatic N) is 1. The van der Waals surface area contributed by atoms with Gasteiger partial charge in [-0.3, -0.25) is 4.79 Å². The Morgan fingerprint density at radius 3 is 2.94 bits per heavy atom. The van der Waals surface area contributed by atoms with Crippen LogP contribution in [0.15, 0.2) is 34.1 Å². The molecule has 1 amide bonds. The molecular weight excluding hydrogens is 307 g/mol. The highest BCUT2D eigenvalue weighted by atomic mass is 79.9. The van der Waals surface area contributed by atoms with E-state index in [0.29, 0.717) is 6.54 Å². The van der Waals surface area contributed by atoms with Gasteiger partial charge in [0.2, 0.25) is 5.95 Å². The molecule has 0 atom stereocenters. The van der Waals surface area contributed by atoms with Crippen LogP contribution in [0.25, 0.3) is 0 Å². The second kappa shape index (κ2) is 5.37. The highest BCUT2D eigenvalue weighted by Crippen LogP contribution is 2.22. The van der Waals surface area contributed by atoms with Gasteiger partial charge in [-0.05, 0) is 39.5 Å². The monoisotopic (exact) mass is 314 g/mol. The quantitative estimate of drug-likeness (QED) is 0.885. The number of nitrogens with one attached hydrogen (secondary N) is 1. The minimum absolute atomic E-state index is 0.0812. The van der Waals surface area contributed by atoms with Crippen molar-refractivity contribution in [2.75, 3.05) is 0 Å². The maximum atomic E-state index is 12.8. The van der Waals surface area contributed by atoms with Gasteiger partial charge in [-0.2, -0.15) is 4.39 Å². The van der Waals surface area contributed by atoms with Crippen molar-refractivity contribution in [3.63, 3.8) is 0 Å². The first-order chi connectivity index (χ1) is 8.16. The third-order valence-corrected chi connectivity index (χ3v) is 3.97. The Labute approximate surface area is 110 Å². The number of thiophene rings is 1. The fourth-order valence-electron chi connectivity index (χ4n) is 1.24. The molecule has 2 heterocycles. The van der Waals surface area contributed by atoms with Crippen molar-refractivity contribution in [2.45, 2.75) is 6.54 Å². The predicted molar refractivity (Wildman–Crippen MR) is 67.4 cm³/mol. The van der Waals surface area contributed by atoms with Gasteiger partial charge in [0.25, 0.3) is 5.91 Å². The molecule has 0 aliphatic rings. The van der Waals surface area contributed by atoms with Crippen LogP contribution >= 0.6 is 27.3 Å². The van der Waals surface area contributed by atoms with Crippen molar-refractivity contribution < 1.29 is 9.18 Å². The number of rotatable bonds is 3. The van der Waals surface area contributed by atoms with Crippen molar-refractivity contribution in [2.24, 2.45) is 0 Å². The molecule has 88 valence electrons. The van der Waals surface area contributed by atoms with E-state index in [-0.39, 0.29) is 11.6 Å². The number of pyridine rings is 1. The Balaban J connectivity index is 2.01. The summed E-state index contributed by atoms with van der Waals surface area (Å²) < 4.78 is 13.8. The van der Waals surface area contributed by atoms with Gasteiger partial charge >= 0.3 is 0 Å². The third-order valence-electron chi connectivity index (χ3n) is 2.05. The summed E-state index contributed by atoms with van der Waals surface area (Å²) in [5, 5.41) is 4.60. The van der Waals surface area contributed by atoms with Gasteiger partial charge in [0.1, 0.15) is 5.69 Å². The lowest BCUT2D eigenvalue weighted by molar-refractivity contribution is 0.0945. The summed E-state index contributed by atoms with van der Waals surface area (Å²) in [5.74, 6) is -1.04. The molecule has 0 spiro atoms. The van der Waals surface area contributed by atoms with Crippen LogP contribution in [-0.4, -0.2) is 10.9 Å². The van der Waals surface area contributed by atoms with Crippen molar-refractivity contribution >= 4 is 33.2 Å². The second-order valence-electron chi connectivity index (χ2n) is 3.22. The zero-order chi connectivity index (χ0) is 12.3. The van der Waals surface area contributed by atoms with Gasteiger partial charge < -0.3 is 5.32 Å². The van der Waals surface area contributed by atoms with Crippen molar-refractivity contribution in [3.05, 3.63) is 50.6 Å². The lowest BCUT2D eigenvalue weighted by atomic mass is 10.3. The van der Waals surface area contributed by atoms with Gasteiger partial charge in [0.05, 0.1) is 6.54 Å². The standard InChI is InChI=1S/C11H8BrFN2OS/c12-7-4-5-17-9(7)6-14-11(16)8-2-1-3-10(13)15-8/h1-5H,6H2,(H,14,16). The van der Waals surface area contributed by atoms with Crippen LogP contribution < -0.4 is 5.32 Å². The molecular formula is C11H8BrFN2OS. The van der Waals surface area contributed by atoms with Gasteiger partial charge in [-0.25, -0.2) is 4.98 Å². The smallest absolute Gasteiger partial charge is 0.270 e. The molecule has 0 aliphatic heterocycles. The fraction of sp³-hybridized carbons (Fsp3) is 0.0909. The van der Waals surface area contributed by atoms with Gasteiger partial charge in [0.15, 0.2) is 0 Å². The van der Waals surface area contributed by atoms with E-state index in [0.717, 1.165) is 9.35 Å². The molecule has 0 aliphatic carbocycles. The lowest BCUT2D eigenvalue weighted by Crippen LogP contribution is -2.23. The fourth-order valence-corrected chi connectivity index (χ4v) is 2.67. The highest BCUT2D eigenvalue weighted by Gasteiger charge is 2.09. The van der Waals surface area contributed by atoms with Crippen LogP contribution in [0.1, 0.15) is 15.4 Å². The van der Waals surface area contributed by atoms with Crippen LogP contribution in [0, 0.1) is 5.95 Å². The number of carbonyl (C=O) groups is 1. The summed E-state index contributed by atoms with van der Waals surface area (Å²) in [6.07, 6.45) is 0. The molecule has 0 fully saturated rings. The minimum Gasteiger partial charge on any atom is -0.346 e. The Morgan fingerprint density at radius 2 is 2.29 bits per heavy atom. The first-order valence-electron chi connectivity index (χ1n) is 4.79. The summed E-state index contributed by atoms with van der Waals surface area (Å²) in [6.45, 7) is 0.398. The van der Waals surface area contributed by atoms with Gasteiger partial charge in [-0.15, -0.1) is 11.3 Å². The van der Waals surface area contributed by atoms with Crippen LogP contribution in [0.2, 0.25) is 0 Å². The molecule has 0 aromatic carbocycles. The van der Waals surface area contributed by atoms with E-state index in [1.54, 1.807) is 0 Å². The molecule has 6 heteroatoms. The molecule has 2 aromatic rings. The van der Waals surface area contributed by atoms with Crippen LogP contribution in [-0.2, 0) is 6.54 Å². The summed E-state index contributed by atoms with van der Waals surface area (Å²) in [6, 6.07) is 6.04. The molecule has 0 bridgehead atoms. The molecule has 3 nitrogen and oxygen atoms in total. The molecule has 0 saturated carbocycles. The summed E-state index contributed by atoms with van der Waals surface area (Å²) in [4.78, 5) is 16.2. The average molecular weight is 315 g/mol. The highest BCUT2D eigenvalue weighted by molar-refractivity contribution is 9.10. The number of aromatic nitrogens is 1. The normalized spacial score (nSPS) is 10.2. The number of amides is 1. The summed E-state index contributed by atoms with van der Waals surface area (Å²) in [7, 11) is 0. The third kappa shape index (κ3) is 3.10. The second-order valence-corrected chi connectivity index (χ2v) is 5.07. The number of hydrogen-bond acceptors (Lipinski definition) is 3. The van der Waals surface area contributed by atoms with E-state index in [4.69, 9.17) is 0 Å². The van der Waals surface area contributed by atoms with Crippen LogP contribution in [0.4, 0.5) is 4.39 Å².